The lowest BCUT2D eigenvalue weighted by molar-refractivity contribution is 0.0203. The highest BCUT2D eigenvalue weighted by Gasteiger charge is 2.29. The van der Waals surface area contributed by atoms with E-state index in [4.69, 9.17) is 9.47 Å². The van der Waals surface area contributed by atoms with Crippen molar-refractivity contribution in [2.75, 3.05) is 52.3 Å². The third kappa shape index (κ3) is 8.58. The van der Waals surface area contributed by atoms with Crippen molar-refractivity contribution < 1.29 is 9.47 Å². The Morgan fingerprint density at radius 1 is 1.33 bits per heavy atom. The summed E-state index contributed by atoms with van der Waals surface area (Å²) in [6.07, 6.45) is 5.92. The van der Waals surface area contributed by atoms with Gasteiger partial charge >= 0.3 is 0 Å². The quantitative estimate of drug-likeness (QED) is 0.247. The maximum absolute atomic E-state index is 5.79. The Labute approximate surface area is 168 Å². The molecule has 1 unspecified atom stereocenters. The summed E-state index contributed by atoms with van der Waals surface area (Å²) < 4.78 is 11.5. The lowest BCUT2D eigenvalue weighted by atomic mass is 10.0. The second-order valence-electron chi connectivity index (χ2n) is 6.74. The molecule has 0 spiro atoms. The van der Waals surface area contributed by atoms with Crippen molar-refractivity contribution in [1.82, 2.24) is 10.6 Å². The third-order valence-electron chi connectivity index (χ3n) is 4.61. The molecule has 0 amide bonds. The molecule has 2 aliphatic heterocycles. The van der Waals surface area contributed by atoms with Gasteiger partial charge in [0.2, 0.25) is 0 Å². The van der Waals surface area contributed by atoms with Gasteiger partial charge in [0.15, 0.2) is 5.96 Å². The number of guanidine groups is 1. The Morgan fingerprint density at radius 2 is 2.12 bits per heavy atom. The fourth-order valence-corrected chi connectivity index (χ4v) is 4.26. The van der Waals surface area contributed by atoms with Crippen molar-refractivity contribution in [3.8, 4) is 0 Å². The minimum atomic E-state index is 0. The van der Waals surface area contributed by atoms with Gasteiger partial charge < -0.3 is 20.1 Å². The molecule has 2 saturated heterocycles. The summed E-state index contributed by atoms with van der Waals surface area (Å²) in [5.41, 5.74) is 0. The van der Waals surface area contributed by atoms with Crippen LogP contribution < -0.4 is 10.6 Å². The molecule has 0 aromatic rings. The molecule has 1 atom stereocenters. The number of thioether (sulfide) groups is 1. The molecule has 5 nitrogen and oxygen atoms in total. The normalized spacial score (nSPS) is 25.3. The Kier molecular flexibility index (Phi) is 11.7. The predicted octanol–water partition coefficient (Wildman–Crippen LogP) is 2.89. The molecule has 2 rings (SSSR count). The molecule has 0 aliphatic carbocycles. The molecular formula is C17H34IN3O2S. The van der Waals surface area contributed by atoms with Crippen LogP contribution in [-0.4, -0.2) is 63.0 Å². The molecule has 0 radical (unpaired) electrons. The van der Waals surface area contributed by atoms with Gasteiger partial charge in [-0.25, -0.2) is 0 Å². The van der Waals surface area contributed by atoms with Crippen LogP contribution in [0.4, 0.5) is 0 Å². The van der Waals surface area contributed by atoms with Gasteiger partial charge in [-0.05, 0) is 50.7 Å². The monoisotopic (exact) mass is 471 g/mol. The number of ether oxygens (including phenoxy) is 2. The fourth-order valence-electron chi connectivity index (χ4n) is 3.01. The number of rotatable bonds is 8. The molecular weight excluding hydrogens is 437 g/mol. The molecule has 2 aliphatic rings. The van der Waals surface area contributed by atoms with E-state index in [1.54, 1.807) is 0 Å². The van der Waals surface area contributed by atoms with Crippen LogP contribution >= 0.6 is 35.7 Å². The van der Waals surface area contributed by atoms with Gasteiger partial charge in [-0.2, -0.15) is 11.8 Å². The number of aliphatic imine (C=N–C) groups is 1. The molecule has 24 heavy (non-hydrogen) atoms. The van der Waals surface area contributed by atoms with Crippen LogP contribution in [0.1, 0.15) is 39.0 Å². The van der Waals surface area contributed by atoms with Crippen LogP contribution in [0.2, 0.25) is 0 Å². The Balaban J connectivity index is 0.00000288. The zero-order chi connectivity index (χ0) is 16.4. The fraction of sp³-hybridized carbons (Fsp3) is 0.941. The van der Waals surface area contributed by atoms with E-state index in [1.165, 1.54) is 18.6 Å². The number of nitrogens with zero attached hydrogens (tertiary/aromatic N) is 1. The van der Waals surface area contributed by atoms with E-state index in [0.29, 0.717) is 10.7 Å². The van der Waals surface area contributed by atoms with Crippen LogP contribution in [0.3, 0.4) is 0 Å². The number of hydrogen-bond acceptors (Lipinski definition) is 4. The lowest BCUT2D eigenvalue weighted by Crippen LogP contribution is -2.44. The van der Waals surface area contributed by atoms with Crippen LogP contribution in [0.5, 0.6) is 0 Å². The standard InChI is InChI=1S/C17H33N3O2S.HI/c1-17(7-3-12-23-17)14-20-16(18-2)19-8-4-9-22-13-15-5-10-21-11-6-15;/h15H,3-14H2,1-2H3,(H2,18,19,20);1H. The van der Waals surface area contributed by atoms with Crippen molar-refractivity contribution >= 4 is 41.7 Å². The average Bonchev–Trinajstić information content (AvgIpc) is 3.01. The second-order valence-corrected chi connectivity index (χ2v) is 8.42. The van der Waals surface area contributed by atoms with Gasteiger partial charge in [-0.3, -0.25) is 4.99 Å². The first-order chi connectivity index (χ1) is 11.2. The first-order valence-electron chi connectivity index (χ1n) is 8.96. The summed E-state index contributed by atoms with van der Waals surface area (Å²) in [6.45, 7) is 7.72. The highest BCUT2D eigenvalue weighted by Crippen LogP contribution is 2.36. The molecule has 2 heterocycles. The highest BCUT2D eigenvalue weighted by atomic mass is 127. The average molecular weight is 471 g/mol. The maximum atomic E-state index is 5.79. The summed E-state index contributed by atoms with van der Waals surface area (Å²) in [5.74, 6) is 2.88. The third-order valence-corrected chi connectivity index (χ3v) is 6.14. The minimum Gasteiger partial charge on any atom is -0.381 e. The zero-order valence-electron chi connectivity index (χ0n) is 15.1. The highest BCUT2D eigenvalue weighted by molar-refractivity contribution is 14.0. The largest absolute Gasteiger partial charge is 0.381 e. The van der Waals surface area contributed by atoms with E-state index >= 15 is 0 Å². The Bertz CT molecular complexity index is 360. The van der Waals surface area contributed by atoms with Crippen molar-refractivity contribution in [3.63, 3.8) is 0 Å². The van der Waals surface area contributed by atoms with E-state index in [1.807, 2.05) is 7.05 Å². The van der Waals surface area contributed by atoms with Gasteiger partial charge in [0.05, 0.1) is 0 Å². The van der Waals surface area contributed by atoms with Crippen LogP contribution in [-0.2, 0) is 9.47 Å². The van der Waals surface area contributed by atoms with Crippen LogP contribution in [0.15, 0.2) is 4.99 Å². The zero-order valence-corrected chi connectivity index (χ0v) is 18.3. The summed E-state index contributed by atoms with van der Waals surface area (Å²) in [5, 5.41) is 6.84. The van der Waals surface area contributed by atoms with E-state index in [9.17, 15) is 0 Å². The van der Waals surface area contributed by atoms with Crippen molar-refractivity contribution in [2.24, 2.45) is 10.9 Å². The molecule has 0 saturated carbocycles. The van der Waals surface area contributed by atoms with Gasteiger partial charge in [0, 0.05) is 51.3 Å². The van der Waals surface area contributed by atoms with Crippen molar-refractivity contribution in [3.05, 3.63) is 0 Å². The Hall–Kier alpha value is 0.270. The van der Waals surface area contributed by atoms with Gasteiger partial charge in [0.25, 0.3) is 0 Å². The molecule has 142 valence electrons. The number of nitrogens with one attached hydrogen (secondary N) is 2. The second kappa shape index (κ2) is 12.6. The molecule has 0 aromatic heterocycles. The number of halogens is 1. The molecule has 7 heteroatoms. The smallest absolute Gasteiger partial charge is 0.191 e. The van der Waals surface area contributed by atoms with Crippen LogP contribution in [0, 0.1) is 5.92 Å². The topological polar surface area (TPSA) is 54.9 Å². The van der Waals surface area contributed by atoms with E-state index in [2.05, 4.69) is 34.3 Å². The van der Waals surface area contributed by atoms with E-state index in [0.717, 1.165) is 64.7 Å². The summed E-state index contributed by atoms with van der Waals surface area (Å²) >= 11 is 2.07. The molecule has 0 bridgehead atoms. The lowest BCUT2D eigenvalue weighted by Gasteiger charge is -2.24. The Morgan fingerprint density at radius 3 is 2.79 bits per heavy atom. The van der Waals surface area contributed by atoms with Crippen LogP contribution in [0.25, 0.3) is 0 Å². The molecule has 2 fully saturated rings. The molecule has 2 N–H and O–H groups in total. The van der Waals surface area contributed by atoms with E-state index < -0.39 is 0 Å². The SMILES string of the molecule is CN=C(NCCCOCC1CCOCC1)NCC1(C)CCCS1.I. The maximum Gasteiger partial charge on any atom is 0.191 e. The van der Waals surface area contributed by atoms with Crippen molar-refractivity contribution in [1.29, 1.82) is 0 Å². The molecule has 0 aromatic carbocycles. The first kappa shape index (κ1) is 22.3. The number of hydrogen-bond donors (Lipinski definition) is 2. The van der Waals surface area contributed by atoms with Gasteiger partial charge in [-0.15, -0.1) is 24.0 Å². The predicted molar refractivity (Wildman–Crippen MR) is 114 cm³/mol. The van der Waals surface area contributed by atoms with E-state index in [-0.39, 0.29) is 24.0 Å². The summed E-state index contributed by atoms with van der Waals surface area (Å²) in [4.78, 5) is 4.30. The van der Waals surface area contributed by atoms with Gasteiger partial charge in [0.1, 0.15) is 0 Å². The van der Waals surface area contributed by atoms with Crippen molar-refractivity contribution in [2.45, 2.75) is 43.8 Å². The summed E-state index contributed by atoms with van der Waals surface area (Å²) in [6, 6.07) is 0. The minimum absolute atomic E-state index is 0. The summed E-state index contributed by atoms with van der Waals surface area (Å²) in [7, 11) is 1.83. The van der Waals surface area contributed by atoms with Gasteiger partial charge in [-0.1, -0.05) is 0 Å². The first-order valence-corrected chi connectivity index (χ1v) is 9.94.